The Kier molecular flexibility index (Phi) is 18.3. The fraction of sp³-hybridized carbons (Fsp3) is 0.120. The van der Waals surface area contributed by atoms with E-state index in [-0.39, 0.29) is 0 Å². The molecule has 7 aromatic rings. The van der Waals surface area contributed by atoms with E-state index in [0.717, 1.165) is 83.5 Å². The minimum atomic E-state index is 0.738. The maximum atomic E-state index is 5.52. The summed E-state index contributed by atoms with van der Waals surface area (Å²) < 4.78 is 16.6. The highest BCUT2D eigenvalue weighted by Gasteiger charge is 2.08. The van der Waals surface area contributed by atoms with E-state index in [0.29, 0.717) is 0 Å². The maximum Gasteiger partial charge on any atom is 0.123 e. The third kappa shape index (κ3) is 14.2. The van der Waals surface area contributed by atoms with Crippen molar-refractivity contribution in [1.29, 1.82) is 0 Å². The van der Waals surface area contributed by atoms with Crippen molar-refractivity contribution in [1.82, 2.24) is 0 Å². The van der Waals surface area contributed by atoms with E-state index in [1.165, 1.54) is 0 Å². The maximum absolute atomic E-state index is 5.52. The van der Waals surface area contributed by atoms with Gasteiger partial charge >= 0.3 is 0 Å². The molecular weight excluding hydrogens is 798 g/mol. The summed E-state index contributed by atoms with van der Waals surface area (Å²) in [7, 11) is 4.99. The van der Waals surface area contributed by atoms with Gasteiger partial charge in [-0.05, 0) is 61.7 Å². The number of halogens is 1. The van der Waals surface area contributed by atoms with Gasteiger partial charge in [-0.3, -0.25) is 5.43 Å². The van der Waals surface area contributed by atoms with Crippen molar-refractivity contribution in [3.8, 4) is 17.2 Å². The number of nitrogens with two attached hydrogens (primary N) is 2. The van der Waals surface area contributed by atoms with Crippen molar-refractivity contribution in [2.45, 2.75) is 20.8 Å². The molecule has 7 rings (SSSR count). The molecule has 0 aliphatic rings. The van der Waals surface area contributed by atoms with E-state index in [4.69, 9.17) is 25.8 Å². The Hall–Kier alpha value is -6.84. The molecule has 0 atom stereocenters. The summed E-state index contributed by atoms with van der Waals surface area (Å²) in [5.74, 6) is 8.04. The molecule has 0 aliphatic carbocycles. The van der Waals surface area contributed by atoms with Crippen molar-refractivity contribution in [3.63, 3.8) is 0 Å². The van der Waals surface area contributed by atoms with Crippen LogP contribution < -0.4 is 31.2 Å². The zero-order valence-corrected chi connectivity index (χ0v) is 36.0. The lowest BCUT2D eigenvalue weighted by Crippen LogP contribution is -2.06. The number of rotatable bonds is 9. The largest absolute Gasteiger partial charge is 0.496 e. The van der Waals surface area contributed by atoms with Crippen LogP contribution >= 0.6 is 15.9 Å². The zero-order valence-electron chi connectivity index (χ0n) is 34.4. The molecule has 5 N–H and O–H groups in total. The highest BCUT2D eigenvalue weighted by molar-refractivity contribution is 9.10. The molecule has 0 amide bonds. The van der Waals surface area contributed by atoms with E-state index in [1.54, 1.807) is 21.3 Å². The van der Waals surface area contributed by atoms with Crippen molar-refractivity contribution >= 4 is 38.7 Å². The lowest BCUT2D eigenvalue weighted by molar-refractivity contribution is 0.411. The van der Waals surface area contributed by atoms with Crippen LogP contribution in [-0.2, 0) is 0 Å². The smallest absolute Gasteiger partial charge is 0.123 e. The number of methoxy groups -OCH3 is 3. The summed E-state index contributed by atoms with van der Waals surface area (Å²) in [6.45, 7) is 6.02. The fourth-order valence-electron chi connectivity index (χ4n) is 5.64. The monoisotopic (exact) mass is 849 g/mol. The van der Waals surface area contributed by atoms with Gasteiger partial charge in [-0.1, -0.05) is 155 Å². The molecule has 0 radical (unpaired) electrons. The van der Waals surface area contributed by atoms with Crippen molar-refractivity contribution in [2.75, 3.05) is 32.5 Å². The van der Waals surface area contributed by atoms with Crippen LogP contribution in [0.25, 0.3) is 0 Å². The minimum Gasteiger partial charge on any atom is -0.496 e. The average molecular weight is 851 g/mol. The first-order valence-electron chi connectivity index (χ1n) is 18.9. The lowest BCUT2D eigenvalue weighted by atomic mass is 10.0. The Morgan fingerprint density at radius 3 is 1.24 bits per heavy atom. The van der Waals surface area contributed by atoms with Gasteiger partial charge in [-0.2, -0.15) is 10.2 Å². The summed E-state index contributed by atoms with van der Waals surface area (Å²) in [4.78, 5) is 0. The Bertz CT molecular complexity index is 2240. The van der Waals surface area contributed by atoms with E-state index >= 15 is 0 Å². The highest BCUT2D eigenvalue weighted by Crippen LogP contribution is 2.24. The number of nitrogen functional groups attached to an aromatic ring is 1. The number of hydrogen-bond donors (Lipinski definition) is 3. The Balaban J connectivity index is 0.000000188. The molecule has 59 heavy (non-hydrogen) atoms. The van der Waals surface area contributed by atoms with Gasteiger partial charge < -0.3 is 25.8 Å². The average Bonchev–Trinajstić information content (AvgIpc) is 3.28. The van der Waals surface area contributed by atoms with Crippen molar-refractivity contribution in [3.05, 3.63) is 219 Å². The van der Waals surface area contributed by atoms with Crippen molar-refractivity contribution in [2.24, 2.45) is 16.0 Å². The van der Waals surface area contributed by atoms with Gasteiger partial charge in [0.05, 0.1) is 38.4 Å². The molecule has 0 fully saturated rings. The van der Waals surface area contributed by atoms with Gasteiger partial charge in [0.15, 0.2) is 0 Å². The number of nitrogens with zero attached hydrogens (tertiary/aromatic N) is 2. The molecule has 0 aliphatic heterocycles. The molecule has 8 nitrogen and oxygen atoms in total. The topological polar surface area (TPSA) is 116 Å². The second-order valence-corrected chi connectivity index (χ2v) is 14.0. The number of aryl methyl sites for hydroxylation is 3. The van der Waals surface area contributed by atoms with Crippen molar-refractivity contribution < 1.29 is 14.2 Å². The standard InChI is InChI=1S/C21H20N2O.C13H12N2.C8H9BrO.C8H11NO/c1-16-13-14-19(15-20(16)24-2)22-23-21(17-9-5-3-6-10-17)18-11-7-4-8-12-18;14-15-13(11-7-3-1-4-8-11)12-9-5-2-6-10-12;2*1-6-3-4-7(9)5-8(6)10-2/h3-15,22H,1-2H3;1-10H,14H2;3-5H,1-2H3;3-5H,9H2,1-2H3. The van der Waals surface area contributed by atoms with E-state index in [9.17, 15) is 0 Å². The van der Waals surface area contributed by atoms with Crippen LogP contribution in [0.1, 0.15) is 38.9 Å². The first-order valence-corrected chi connectivity index (χ1v) is 19.6. The predicted molar refractivity (Wildman–Crippen MR) is 250 cm³/mol. The second-order valence-electron chi connectivity index (χ2n) is 13.0. The van der Waals surface area contributed by atoms with Crippen LogP contribution in [0.15, 0.2) is 191 Å². The van der Waals surface area contributed by atoms with Crippen LogP contribution in [0.4, 0.5) is 11.4 Å². The summed E-state index contributed by atoms with van der Waals surface area (Å²) in [5, 5.41) is 8.50. The van der Waals surface area contributed by atoms with Crippen LogP contribution in [0, 0.1) is 20.8 Å². The van der Waals surface area contributed by atoms with Crippen LogP contribution in [-0.4, -0.2) is 32.8 Å². The van der Waals surface area contributed by atoms with Gasteiger partial charge in [-0.15, -0.1) is 0 Å². The predicted octanol–water partition coefficient (Wildman–Crippen LogP) is 11.6. The van der Waals surface area contributed by atoms with Gasteiger partial charge in [0.1, 0.15) is 17.2 Å². The first kappa shape index (κ1) is 44.9. The molecule has 0 aromatic heterocycles. The molecule has 0 spiro atoms. The van der Waals surface area contributed by atoms with Gasteiger partial charge in [0, 0.05) is 44.5 Å². The fourth-order valence-corrected chi connectivity index (χ4v) is 5.98. The van der Waals surface area contributed by atoms with Gasteiger partial charge in [0.25, 0.3) is 0 Å². The quantitative estimate of drug-likeness (QED) is 0.0576. The molecule has 7 aromatic carbocycles. The minimum absolute atomic E-state index is 0.738. The molecule has 0 bridgehead atoms. The van der Waals surface area contributed by atoms with E-state index in [2.05, 4.69) is 55.8 Å². The van der Waals surface area contributed by atoms with Gasteiger partial charge in [0.2, 0.25) is 0 Å². The van der Waals surface area contributed by atoms with E-state index in [1.807, 2.05) is 172 Å². The first-order chi connectivity index (χ1) is 28.7. The third-order valence-corrected chi connectivity index (χ3v) is 9.32. The number of anilines is 2. The Morgan fingerprint density at radius 2 is 0.847 bits per heavy atom. The number of nitrogens with one attached hydrogen (secondary N) is 1. The molecule has 0 saturated heterocycles. The summed E-state index contributed by atoms with van der Waals surface area (Å²) >= 11 is 3.36. The summed E-state index contributed by atoms with van der Waals surface area (Å²) in [6.07, 6.45) is 0. The van der Waals surface area contributed by atoms with Crippen LogP contribution in [0.2, 0.25) is 0 Å². The highest BCUT2D eigenvalue weighted by atomic mass is 79.9. The SMILES string of the molecule is COc1cc(Br)ccc1C.COc1cc(N)ccc1C.COc1cc(NN=C(c2ccccc2)c2ccccc2)ccc1C.NN=C(c1ccccc1)c1ccccc1. The number of hydrazone groups is 2. The van der Waals surface area contributed by atoms with Gasteiger partial charge in [-0.25, -0.2) is 0 Å². The Morgan fingerprint density at radius 1 is 0.475 bits per heavy atom. The molecular formula is C50H52BrN5O3. The third-order valence-electron chi connectivity index (χ3n) is 8.83. The number of hydrogen-bond acceptors (Lipinski definition) is 8. The molecule has 0 unspecified atom stereocenters. The molecule has 0 saturated carbocycles. The lowest BCUT2D eigenvalue weighted by Gasteiger charge is -2.10. The number of benzene rings is 7. The van der Waals surface area contributed by atoms with Crippen LogP contribution in [0.5, 0.6) is 17.2 Å². The number of ether oxygens (including phenoxy) is 3. The Labute approximate surface area is 357 Å². The molecule has 9 heteroatoms. The van der Waals surface area contributed by atoms with E-state index < -0.39 is 0 Å². The van der Waals surface area contributed by atoms with Crippen LogP contribution in [0.3, 0.4) is 0 Å². The molecule has 0 heterocycles. The zero-order chi connectivity index (χ0) is 42.4. The summed E-state index contributed by atoms with van der Waals surface area (Å²) in [6, 6.07) is 57.7. The normalized spacial score (nSPS) is 9.75. The summed E-state index contributed by atoms with van der Waals surface area (Å²) in [5.41, 5.74) is 19.6. The molecule has 302 valence electrons. The second kappa shape index (κ2) is 24.0.